The molecule has 0 amide bonds. The molecule has 0 radical (unpaired) electrons. The van der Waals surface area contributed by atoms with Crippen molar-refractivity contribution in [2.24, 2.45) is 5.18 Å². The molecule has 0 saturated heterocycles. The Bertz CT molecular complexity index is 856. The van der Waals surface area contributed by atoms with Crippen LogP contribution in [0, 0.1) is 25.7 Å². The molecule has 0 heterocycles. The Kier molecular flexibility index (Phi) is 6.37. The van der Waals surface area contributed by atoms with Crippen LogP contribution in [-0.4, -0.2) is 25.2 Å². The molecule has 144 valence electrons. The van der Waals surface area contributed by atoms with Crippen molar-refractivity contribution in [3.05, 3.63) is 57.5 Å². The molecule has 0 N–H and O–H groups in total. The second-order valence-corrected chi connectivity index (χ2v) is 7.33. The fraction of sp³-hybridized carbons (Fsp3) is 0.409. The standard InChI is InChI=1S/C22H27NO4/c1-14-15(2)20(27-13-12-22(4,5)23-25)11-10-18(14)17-8-7-9-19(16(17)3)21(24)26-6/h7-11H,12-13H2,1-6H3. The molecule has 0 aliphatic carbocycles. The highest BCUT2D eigenvalue weighted by Crippen LogP contribution is 2.34. The topological polar surface area (TPSA) is 65.0 Å². The molecular formula is C22H27NO4. The van der Waals surface area contributed by atoms with Gasteiger partial charge in [-0.1, -0.05) is 23.4 Å². The van der Waals surface area contributed by atoms with Gasteiger partial charge in [-0.05, 0) is 74.6 Å². The van der Waals surface area contributed by atoms with E-state index in [-0.39, 0.29) is 5.97 Å². The number of hydrogen-bond donors (Lipinski definition) is 0. The minimum absolute atomic E-state index is 0.338. The van der Waals surface area contributed by atoms with E-state index in [9.17, 15) is 9.70 Å². The number of nitrogens with zero attached hydrogens (tertiary/aromatic N) is 1. The fourth-order valence-corrected chi connectivity index (χ4v) is 2.96. The van der Waals surface area contributed by atoms with Crippen LogP contribution in [0.5, 0.6) is 5.75 Å². The van der Waals surface area contributed by atoms with E-state index in [0.717, 1.165) is 33.6 Å². The van der Waals surface area contributed by atoms with Gasteiger partial charge in [-0.3, -0.25) is 0 Å². The predicted molar refractivity (Wildman–Crippen MR) is 107 cm³/mol. The summed E-state index contributed by atoms with van der Waals surface area (Å²) < 4.78 is 10.8. The smallest absolute Gasteiger partial charge is 0.338 e. The lowest BCUT2D eigenvalue weighted by Crippen LogP contribution is -2.19. The average Bonchev–Trinajstić information content (AvgIpc) is 2.65. The largest absolute Gasteiger partial charge is 0.493 e. The van der Waals surface area contributed by atoms with E-state index in [1.165, 1.54) is 7.11 Å². The molecule has 0 unspecified atom stereocenters. The van der Waals surface area contributed by atoms with Crippen LogP contribution in [0.1, 0.15) is 47.3 Å². The summed E-state index contributed by atoms with van der Waals surface area (Å²) in [5, 5.41) is 3.12. The average molecular weight is 369 g/mol. The van der Waals surface area contributed by atoms with Crippen molar-refractivity contribution in [1.82, 2.24) is 0 Å². The Morgan fingerprint density at radius 2 is 1.67 bits per heavy atom. The summed E-state index contributed by atoms with van der Waals surface area (Å²) in [6, 6.07) is 9.57. The first-order valence-corrected chi connectivity index (χ1v) is 8.97. The zero-order chi connectivity index (χ0) is 20.2. The molecule has 0 aromatic heterocycles. The molecule has 2 rings (SSSR count). The van der Waals surface area contributed by atoms with Gasteiger partial charge in [0.15, 0.2) is 0 Å². The molecule has 0 atom stereocenters. The lowest BCUT2D eigenvalue weighted by Gasteiger charge is -2.19. The number of esters is 1. The van der Waals surface area contributed by atoms with Crippen molar-refractivity contribution in [3.8, 4) is 16.9 Å². The molecule has 27 heavy (non-hydrogen) atoms. The predicted octanol–water partition coefficient (Wildman–Crippen LogP) is 5.38. The number of carbonyl (C=O) groups is 1. The monoisotopic (exact) mass is 369 g/mol. The van der Waals surface area contributed by atoms with Crippen LogP contribution in [0.25, 0.3) is 11.1 Å². The summed E-state index contributed by atoms with van der Waals surface area (Å²) in [6.45, 7) is 9.99. The Labute approximate surface area is 160 Å². The normalized spacial score (nSPS) is 11.2. The van der Waals surface area contributed by atoms with Crippen LogP contribution in [0.2, 0.25) is 0 Å². The van der Waals surface area contributed by atoms with Crippen LogP contribution in [-0.2, 0) is 4.74 Å². The zero-order valence-electron chi connectivity index (χ0n) is 16.9. The van der Waals surface area contributed by atoms with Crippen LogP contribution in [0.15, 0.2) is 35.5 Å². The second kappa shape index (κ2) is 8.33. The van der Waals surface area contributed by atoms with Gasteiger partial charge in [-0.25, -0.2) is 4.79 Å². The summed E-state index contributed by atoms with van der Waals surface area (Å²) in [5.41, 5.74) is 5.00. The maximum absolute atomic E-state index is 12.0. The van der Waals surface area contributed by atoms with Gasteiger partial charge in [-0.15, -0.1) is 0 Å². The van der Waals surface area contributed by atoms with E-state index in [2.05, 4.69) is 5.18 Å². The van der Waals surface area contributed by atoms with Crippen molar-refractivity contribution >= 4 is 5.97 Å². The Morgan fingerprint density at radius 3 is 2.30 bits per heavy atom. The molecule has 0 aliphatic rings. The molecular weight excluding hydrogens is 342 g/mol. The number of hydrogen-bond acceptors (Lipinski definition) is 5. The molecule has 0 fully saturated rings. The molecule has 5 nitrogen and oxygen atoms in total. The SMILES string of the molecule is COC(=O)c1cccc(-c2ccc(OCCC(C)(C)N=O)c(C)c2C)c1C. The number of carbonyl (C=O) groups excluding carboxylic acids is 1. The molecule has 2 aromatic rings. The highest BCUT2D eigenvalue weighted by atomic mass is 16.5. The third-order valence-corrected chi connectivity index (χ3v) is 4.99. The van der Waals surface area contributed by atoms with E-state index in [1.54, 1.807) is 19.9 Å². The minimum atomic E-state index is -0.631. The van der Waals surface area contributed by atoms with E-state index < -0.39 is 5.54 Å². The number of benzene rings is 2. The van der Waals surface area contributed by atoms with Gasteiger partial charge < -0.3 is 9.47 Å². The lowest BCUT2D eigenvalue weighted by atomic mass is 9.91. The Morgan fingerprint density at radius 1 is 1.00 bits per heavy atom. The quantitative estimate of drug-likeness (QED) is 0.485. The highest BCUT2D eigenvalue weighted by molar-refractivity contribution is 5.93. The maximum Gasteiger partial charge on any atom is 0.338 e. The van der Waals surface area contributed by atoms with Crippen LogP contribution in [0.4, 0.5) is 0 Å². The fourth-order valence-electron chi connectivity index (χ4n) is 2.96. The maximum atomic E-state index is 12.0. The zero-order valence-corrected chi connectivity index (χ0v) is 16.9. The summed E-state index contributed by atoms with van der Waals surface area (Å²) in [5.74, 6) is 0.454. The van der Waals surface area contributed by atoms with Gasteiger partial charge in [0.2, 0.25) is 0 Å². The molecule has 0 spiro atoms. The number of nitroso groups, excluding NO2 is 1. The minimum Gasteiger partial charge on any atom is -0.493 e. The molecule has 0 aliphatic heterocycles. The van der Waals surface area contributed by atoms with E-state index >= 15 is 0 Å². The Hall–Kier alpha value is -2.69. The van der Waals surface area contributed by atoms with Gasteiger partial charge in [0, 0.05) is 6.42 Å². The summed E-state index contributed by atoms with van der Waals surface area (Å²) in [7, 11) is 1.39. The molecule has 2 aromatic carbocycles. The van der Waals surface area contributed by atoms with Crippen molar-refractivity contribution < 1.29 is 14.3 Å². The third-order valence-electron chi connectivity index (χ3n) is 4.99. The van der Waals surface area contributed by atoms with Gasteiger partial charge in [-0.2, -0.15) is 4.91 Å². The lowest BCUT2D eigenvalue weighted by molar-refractivity contribution is 0.0600. The molecule has 0 bridgehead atoms. The van der Waals surface area contributed by atoms with Crippen LogP contribution >= 0.6 is 0 Å². The summed E-state index contributed by atoms with van der Waals surface area (Å²) in [6.07, 6.45) is 0.553. The van der Waals surface area contributed by atoms with E-state index in [1.807, 2.05) is 45.0 Å². The molecule has 0 saturated carbocycles. The van der Waals surface area contributed by atoms with Crippen molar-refractivity contribution in [3.63, 3.8) is 0 Å². The van der Waals surface area contributed by atoms with Crippen molar-refractivity contribution in [1.29, 1.82) is 0 Å². The summed E-state index contributed by atoms with van der Waals surface area (Å²) in [4.78, 5) is 22.8. The first-order chi connectivity index (χ1) is 12.7. The second-order valence-electron chi connectivity index (χ2n) is 7.33. The van der Waals surface area contributed by atoms with Gasteiger partial charge in [0.25, 0.3) is 0 Å². The van der Waals surface area contributed by atoms with E-state index in [0.29, 0.717) is 18.6 Å². The van der Waals surface area contributed by atoms with Crippen molar-refractivity contribution in [2.45, 2.75) is 46.6 Å². The molecule has 5 heteroatoms. The first kappa shape index (κ1) is 20.6. The third kappa shape index (κ3) is 4.54. The van der Waals surface area contributed by atoms with Crippen LogP contribution < -0.4 is 4.74 Å². The van der Waals surface area contributed by atoms with Gasteiger partial charge in [0.1, 0.15) is 11.3 Å². The van der Waals surface area contributed by atoms with Gasteiger partial charge >= 0.3 is 5.97 Å². The van der Waals surface area contributed by atoms with Crippen LogP contribution in [0.3, 0.4) is 0 Å². The Balaban J connectivity index is 2.33. The first-order valence-electron chi connectivity index (χ1n) is 8.97. The number of rotatable bonds is 7. The number of methoxy groups -OCH3 is 1. The van der Waals surface area contributed by atoms with Crippen molar-refractivity contribution in [2.75, 3.05) is 13.7 Å². The van der Waals surface area contributed by atoms with E-state index in [4.69, 9.17) is 9.47 Å². The highest BCUT2D eigenvalue weighted by Gasteiger charge is 2.19. The van der Waals surface area contributed by atoms with Gasteiger partial charge in [0.05, 0.1) is 19.3 Å². The summed E-state index contributed by atoms with van der Waals surface area (Å²) >= 11 is 0. The number of ether oxygens (including phenoxy) is 2.